The second kappa shape index (κ2) is 9.80. The lowest BCUT2D eigenvalue weighted by molar-refractivity contribution is 0.184. The first-order chi connectivity index (χ1) is 15.2. The van der Waals surface area contributed by atoms with Crippen LogP contribution in [-0.4, -0.2) is 52.1 Å². The minimum Gasteiger partial charge on any atom is -0.496 e. The minimum atomic E-state index is -0.159. The van der Waals surface area contributed by atoms with Crippen molar-refractivity contribution in [1.29, 1.82) is 0 Å². The third kappa shape index (κ3) is 5.15. The molecule has 31 heavy (non-hydrogen) atoms. The van der Waals surface area contributed by atoms with Crippen LogP contribution in [0.15, 0.2) is 47.7 Å². The molecule has 3 heterocycles. The summed E-state index contributed by atoms with van der Waals surface area (Å²) in [5, 5.41) is 0. The Kier molecular flexibility index (Phi) is 6.69. The number of aromatic amines is 1. The summed E-state index contributed by atoms with van der Waals surface area (Å²) in [6.07, 6.45) is 6.68. The average Bonchev–Trinajstić information content (AvgIpc) is 2.80. The van der Waals surface area contributed by atoms with E-state index in [1.807, 2.05) is 12.1 Å². The summed E-state index contributed by atoms with van der Waals surface area (Å²) in [4.78, 5) is 30.4. The lowest BCUT2D eigenvalue weighted by Gasteiger charge is -2.32. The summed E-state index contributed by atoms with van der Waals surface area (Å²) in [6.45, 7) is 3.26. The van der Waals surface area contributed by atoms with Crippen LogP contribution >= 0.6 is 0 Å². The van der Waals surface area contributed by atoms with Crippen molar-refractivity contribution in [3.8, 4) is 17.3 Å². The van der Waals surface area contributed by atoms with Gasteiger partial charge in [-0.05, 0) is 43.6 Å². The second-order valence-corrected chi connectivity index (χ2v) is 7.74. The van der Waals surface area contributed by atoms with Crippen molar-refractivity contribution >= 4 is 0 Å². The molecule has 0 saturated carbocycles. The molecule has 1 saturated heterocycles. The lowest BCUT2D eigenvalue weighted by Crippen LogP contribution is -2.33. The maximum absolute atomic E-state index is 12.2. The number of aromatic nitrogens is 4. The number of nitrogens with zero attached hydrogens (tertiary/aromatic N) is 4. The molecule has 1 fully saturated rings. The highest BCUT2D eigenvalue weighted by Crippen LogP contribution is 2.29. The fraction of sp³-hybridized carbons (Fsp3) is 0.391. The van der Waals surface area contributed by atoms with Gasteiger partial charge in [-0.25, -0.2) is 9.97 Å². The molecule has 8 nitrogen and oxygen atoms in total. The van der Waals surface area contributed by atoms with Gasteiger partial charge in [-0.1, -0.05) is 6.07 Å². The molecular formula is C23H27N5O3. The van der Waals surface area contributed by atoms with E-state index in [1.54, 1.807) is 38.9 Å². The van der Waals surface area contributed by atoms with Gasteiger partial charge in [-0.15, -0.1) is 0 Å². The number of methoxy groups -OCH3 is 2. The number of piperidine rings is 1. The molecule has 0 unspecified atom stereocenters. The zero-order valence-electron chi connectivity index (χ0n) is 17.9. The van der Waals surface area contributed by atoms with E-state index in [0.29, 0.717) is 18.1 Å². The topological polar surface area (TPSA) is 93.2 Å². The van der Waals surface area contributed by atoms with E-state index in [2.05, 4.69) is 30.9 Å². The largest absolute Gasteiger partial charge is 0.496 e. The first-order valence-electron chi connectivity index (χ1n) is 10.4. The molecule has 0 spiro atoms. The van der Waals surface area contributed by atoms with E-state index in [4.69, 9.17) is 9.47 Å². The predicted octanol–water partition coefficient (Wildman–Crippen LogP) is 2.76. The molecule has 2 aromatic heterocycles. The van der Waals surface area contributed by atoms with Crippen molar-refractivity contribution in [1.82, 2.24) is 24.8 Å². The van der Waals surface area contributed by atoms with Gasteiger partial charge in [0.25, 0.3) is 5.56 Å². The maximum atomic E-state index is 12.2. The number of H-pyrrole nitrogens is 1. The molecule has 0 aliphatic carbocycles. The van der Waals surface area contributed by atoms with Gasteiger partial charge in [0.15, 0.2) is 5.82 Å². The summed E-state index contributed by atoms with van der Waals surface area (Å²) in [5.41, 5.74) is 3.53. The number of nitrogens with one attached hydrogen (secondary N) is 1. The van der Waals surface area contributed by atoms with Gasteiger partial charge in [0.1, 0.15) is 11.4 Å². The normalized spacial score (nSPS) is 15.2. The van der Waals surface area contributed by atoms with Crippen LogP contribution in [0, 0.1) is 0 Å². The Morgan fingerprint density at radius 1 is 1.16 bits per heavy atom. The van der Waals surface area contributed by atoms with Crippen molar-refractivity contribution in [2.45, 2.75) is 31.9 Å². The number of ether oxygens (including phenoxy) is 2. The third-order valence-corrected chi connectivity index (χ3v) is 5.62. The lowest BCUT2D eigenvalue weighted by atomic mass is 9.93. The summed E-state index contributed by atoms with van der Waals surface area (Å²) in [7, 11) is 3.40. The minimum absolute atomic E-state index is 0.159. The van der Waals surface area contributed by atoms with E-state index in [-0.39, 0.29) is 11.5 Å². The monoisotopic (exact) mass is 421 g/mol. The van der Waals surface area contributed by atoms with Crippen LogP contribution in [0.2, 0.25) is 0 Å². The summed E-state index contributed by atoms with van der Waals surface area (Å²) >= 11 is 0. The number of rotatable bonds is 7. The molecule has 0 radical (unpaired) electrons. The maximum Gasteiger partial charge on any atom is 0.251 e. The standard InChI is InChI=1S/C23H27N5O3/c1-30-15-16-3-4-21(31-2)18(11-16)14-28-9-5-17(6-10-28)19-12-22(29)27-23(26-19)20-13-24-7-8-25-20/h3-4,7-8,11-13,17H,5-6,9-10,14-15H2,1-2H3,(H,26,27,29). The fourth-order valence-corrected chi connectivity index (χ4v) is 4.07. The Bertz CT molecular complexity index is 1060. The van der Waals surface area contributed by atoms with Gasteiger partial charge in [0, 0.05) is 43.6 Å². The molecule has 1 aliphatic heterocycles. The summed E-state index contributed by atoms with van der Waals surface area (Å²) in [5.74, 6) is 1.61. The molecule has 162 valence electrons. The van der Waals surface area contributed by atoms with Crippen LogP contribution in [0.4, 0.5) is 0 Å². The van der Waals surface area contributed by atoms with Crippen LogP contribution in [0.5, 0.6) is 5.75 Å². The van der Waals surface area contributed by atoms with Crippen LogP contribution in [0.25, 0.3) is 11.5 Å². The molecule has 8 heteroatoms. The third-order valence-electron chi connectivity index (χ3n) is 5.62. The molecular weight excluding hydrogens is 394 g/mol. The molecule has 0 amide bonds. The van der Waals surface area contributed by atoms with Crippen LogP contribution in [-0.2, 0) is 17.9 Å². The van der Waals surface area contributed by atoms with E-state index in [1.165, 1.54) is 0 Å². The van der Waals surface area contributed by atoms with Gasteiger partial charge in [0.05, 0.1) is 25.6 Å². The average molecular weight is 422 g/mol. The van der Waals surface area contributed by atoms with Gasteiger partial charge >= 0.3 is 0 Å². The van der Waals surface area contributed by atoms with Gasteiger partial charge in [-0.3, -0.25) is 14.7 Å². The Morgan fingerprint density at radius 3 is 2.71 bits per heavy atom. The van der Waals surface area contributed by atoms with Crippen LogP contribution in [0.3, 0.4) is 0 Å². The van der Waals surface area contributed by atoms with E-state index in [9.17, 15) is 4.79 Å². The van der Waals surface area contributed by atoms with Gasteiger partial charge in [-0.2, -0.15) is 0 Å². The van der Waals surface area contributed by atoms with Crippen LogP contribution < -0.4 is 10.3 Å². The summed E-state index contributed by atoms with van der Waals surface area (Å²) < 4.78 is 10.8. The molecule has 4 rings (SSSR count). The summed E-state index contributed by atoms with van der Waals surface area (Å²) in [6, 6.07) is 7.80. The highest BCUT2D eigenvalue weighted by atomic mass is 16.5. The molecule has 0 bridgehead atoms. The predicted molar refractivity (Wildman–Crippen MR) is 117 cm³/mol. The van der Waals surface area contributed by atoms with E-state index < -0.39 is 0 Å². The Balaban J connectivity index is 1.44. The Hall–Kier alpha value is -3.10. The first-order valence-corrected chi connectivity index (χ1v) is 10.4. The number of hydrogen-bond donors (Lipinski definition) is 1. The van der Waals surface area contributed by atoms with Crippen molar-refractivity contribution < 1.29 is 9.47 Å². The molecule has 1 aromatic carbocycles. The van der Waals surface area contributed by atoms with Crippen molar-refractivity contribution in [2.75, 3.05) is 27.3 Å². The van der Waals surface area contributed by atoms with E-state index in [0.717, 1.165) is 55.0 Å². The van der Waals surface area contributed by atoms with Gasteiger partial charge < -0.3 is 14.5 Å². The molecule has 1 aliphatic rings. The fourth-order valence-electron chi connectivity index (χ4n) is 4.07. The zero-order chi connectivity index (χ0) is 21.6. The Labute approximate surface area is 181 Å². The van der Waals surface area contributed by atoms with Crippen molar-refractivity contribution in [3.05, 3.63) is 70.0 Å². The molecule has 3 aromatic rings. The van der Waals surface area contributed by atoms with Crippen molar-refractivity contribution in [3.63, 3.8) is 0 Å². The van der Waals surface area contributed by atoms with Crippen LogP contribution in [0.1, 0.15) is 35.6 Å². The molecule has 0 atom stereocenters. The smallest absolute Gasteiger partial charge is 0.251 e. The zero-order valence-corrected chi connectivity index (χ0v) is 17.9. The number of hydrogen-bond acceptors (Lipinski definition) is 7. The highest BCUT2D eigenvalue weighted by Gasteiger charge is 2.23. The Morgan fingerprint density at radius 2 is 2.00 bits per heavy atom. The SMILES string of the molecule is COCc1ccc(OC)c(CN2CCC(c3cc(=O)[nH]c(-c4cnccn4)n3)CC2)c1. The number of likely N-dealkylation sites (tertiary alicyclic amines) is 1. The van der Waals surface area contributed by atoms with E-state index >= 15 is 0 Å². The first kappa shape index (κ1) is 21.1. The van der Waals surface area contributed by atoms with Crippen molar-refractivity contribution in [2.24, 2.45) is 0 Å². The number of benzene rings is 1. The highest BCUT2D eigenvalue weighted by molar-refractivity contribution is 5.46. The molecule has 1 N–H and O–H groups in total. The van der Waals surface area contributed by atoms with Gasteiger partial charge in [0.2, 0.25) is 0 Å². The quantitative estimate of drug-likeness (QED) is 0.627. The second-order valence-electron chi connectivity index (χ2n) is 7.74.